The second kappa shape index (κ2) is 9.71. The Morgan fingerprint density at radius 2 is 1.80 bits per heavy atom. The van der Waals surface area contributed by atoms with E-state index in [1.807, 2.05) is 12.1 Å². The van der Waals surface area contributed by atoms with Crippen LogP contribution in [0.1, 0.15) is 24.5 Å². The van der Waals surface area contributed by atoms with Crippen LogP contribution in [0.5, 0.6) is 0 Å². The maximum absolute atomic E-state index is 13.1. The van der Waals surface area contributed by atoms with Gasteiger partial charge in [-0.05, 0) is 35.7 Å². The Hall–Kier alpha value is -2.93. The van der Waals surface area contributed by atoms with Crippen LogP contribution in [0.3, 0.4) is 0 Å². The first-order valence-corrected chi connectivity index (χ1v) is 10.1. The van der Waals surface area contributed by atoms with Crippen LogP contribution in [0.4, 0.5) is 4.39 Å². The summed E-state index contributed by atoms with van der Waals surface area (Å²) >= 11 is 6.12. The summed E-state index contributed by atoms with van der Waals surface area (Å²) in [5.41, 5.74) is 1.50. The molecule has 0 radical (unpaired) electrons. The molecule has 6 nitrogen and oxygen atoms in total. The van der Waals surface area contributed by atoms with Gasteiger partial charge in [0.25, 0.3) is 0 Å². The van der Waals surface area contributed by atoms with E-state index in [4.69, 9.17) is 11.6 Å². The van der Waals surface area contributed by atoms with Gasteiger partial charge in [-0.1, -0.05) is 48.9 Å². The van der Waals surface area contributed by atoms with Gasteiger partial charge >= 0.3 is 11.8 Å². The smallest absolute Gasteiger partial charge is 0.312 e. The van der Waals surface area contributed by atoms with Crippen molar-refractivity contribution in [2.45, 2.75) is 32.5 Å². The van der Waals surface area contributed by atoms with Crippen LogP contribution in [-0.2, 0) is 27.5 Å². The highest BCUT2D eigenvalue weighted by Gasteiger charge is 2.38. The fourth-order valence-electron chi connectivity index (χ4n) is 3.44. The Morgan fingerprint density at radius 1 is 1.10 bits per heavy atom. The maximum atomic E-state index is 13.1. The minimum absolute atomic E-state index is 0.216. The van der Waals surface area contributed by atoms with Gasteiger partial charge in [0.15, 0.2) is 0 Å². The van der Waals surface area contributed by atoms with E-state index in [0.29, 0.717) is 18.0 Å². The highest BCUT2D eigenvalue weighted by molar-refractivity contribution is 6.35. The summed E-state index contributed by atoms with van der Waals surface area (Å²) in [6.45, 7) is 2.80. The van der Waals surface area contributed by atoms with E-state index in [1.165, 1.54) is 21.9 Å². The third kappa shape index (κ3) is 4.97. The average Bonchev–Trinajstić information content (AvgIpc) is 2.74. The van der Waals surface area contributed by atoms with Crippen LogP contribution in [0.25, 0.3) is 0 Å². The number of carbonyl (C=O) groups is 3. The van der Waals surface area contributed by atoms with E-state index in [1.54, 1.807) is 31.2 Å². The normalized spacial score (nSPS) is 15.3. The quantitative estimate of drug-likeness (QED) is 0.685. The van der Waals surface area contributed by atoms with Gasteiger partial charge in [0.1, 0.15) is 11.9 Å². The second-order valence-corrected chi connectivity index (χ2v) is 7.49. The van der Waals surface area contributed by atoms with E-state index in [0.717, 1.165) is 11.1 Å². The van der Waals surface area contributed by atoms with Crippen molar-refractivity contribution in [2.75, 3.05) is 13.1 Å². The molecule has 1 aliphatic heterocycles. The van der Waals surface area contributed by atoms with Gasteiger partial charge in [-0.3, -0.25) is 14.4 Å². The van der Waals surface area contributed by atoms with Crippen molar-refractivity contribution in [1.29, 1.82) is 0 Å². The summed E-state index contributed by atoms with van der Waals surface area (Å²) in [5.74, 6) is -2.06. The molecule has 8 heteroatoms. The molecular formula is C22H23ClFN3O3. The first kappa shape index (κ1) is 21.8. The highest BCUT2D eigenvalue weighted by atomic mass is 35.5. The summed E-state index contributed by atoms with van der Waals surface area (Å²) in [6.07, 6.45) is 0.380. The molecule has 3 amide bonds. The minimum atomic E-state index is -0.739. The van der Waals surface area contributed by atoms with Crippen molar-refractivity contribution in [3.63, 3.8) is 0 Å². The number of amides is 3. The monoisotopic (exact) mass is 431 g/mol. The molecule has 2 aromatic carbocycles. The van der Waals surface area contributed by atoms with Crippen molar-refractivity contribution in [3.05, 3.63) is 70.5 Å². The third-order valence-corrected chi connectivity index (χ3v) is 5.47. The standard InChI is InChI=1S/C22H23ClFN3O3/c1-2-19(20(28)25-13-16-5-3-4-6-18(16)23)27-12-11-26(21(29)22(27)30)14-15-7-9-17(24)10-8-15/h3-10,19H,2,11-14H2,1H3,(H,25,28)/t19-/m1/s1. The molecule has 2 aromatic rings. The molecule has 1 N–H and O–H groups in total. The summed E-state index contributed by atoms with van der Waals surface area (Å²) < 4.78 is 13.1. The van der Waals surface area contributed by atoms with Gasteiger partial charge in [-0.25, -0.2) is 4.39 Å². The summed E-state index contributed by atoms with van der Waals surface area (Å²) in [4.78, 5) is 40.7. The molecule has 3 rings (SSSR count). The SMILES string of the molecule is CC[C@H](C(=O)NCc1ccccc1Cl)N1CCN(Cc2ccc(F)cc2)C(=O)C1=O. The number of carbonyl (C=O) groups excluding carboxylic acids is 3. The number of piperazine rings is 1. The Kier molecular flexibility index (Phi) is 7.05. The fourth-order valence-corrected chi connectivity index (χ4v) is 3.64. The molecular weight excluding hydrogens is 409 g/mol. The Bertz CT molecular complexity index is 935. The molecule has 0 bridgehead atoms. The van der Waals surface area contributed by atoms with E-state index < -0.39 is 17.9 Å². The number of rotatable bonds is 7. The number of benzene rings is 2. The molecule has 0 spiro atoms. The Morgan fingerprint density at radius 3 is 2.47 bits per heavy atom. The molecule has 1 heterocycles. The van der Waals surface area contributed by atoms with Crippen LogP contribution in [0.2, 0.25) is 5.02 Å². The molecule has 0 aromatic heterocycles. The van der Waals surface area contributed by atoms with Gasteiger partial charge in [-0.15, -0.1) is 0 Å². The van der Waals surface area contributed by atoms with Crippen molar-refractivity contribution in [1.82, 2.24) is 15.1 Å². The molecule has 0 unspecified atom stereocenters. The average molecular weight is 432 g/mol. The summed E-state index contributed by atoms with van der Waals surface area (Å²) in [6, 6.07) is 12.2. The van der Waals surface area contributed by atoms with Crippen molar-refractivity contribution >= 4 is 29.3 Å². The first-order valence-electron chi connectivity index (χ1n) is 9.76. The number of nitrogens with zero attached hydrogens (tertiary/aromatic N) is 2. The lowest BCUT2D eigenvalue weighted by molar-refractivity contribution is -0.159. The maximum Gasteiger partial charge on any atom is 0.312 e. The third-order valence-electron chi connectivity index (χ3n) is 5.11. The molecule has 30 heavy (non-hydrogen) atoms. The van der Waals surface area contributed by atoms with E-state index in [2.05, 4.69) is 5.32 Å². The molecule has 0 saturated carbocycles. The lowest BCUT2D eigenvalue weighted by atomic mass is 10.1. The van der Waals surface area contributed by atoms with Gasteiger partial charge in [-0.2, -0.15) is 0 Å². The van der Waals surface area contributed by atoms with E-state index in [-0.39, 0.29) is 31.4 Å². The zero-order chi connectivity index (χ0) is 21.7. The van der Waals surface area contributed by atoms with E-state index >= 15 is 0 Å². The minimum Gasteiger partial charge on any atom is -0.350 e. The first-order chi connectivity index (χ1) is 14.4. The topological polar surface area (TPSA) is 69.7 Å². The molecule has 0 aliphatic carbocycles. The second-order valence-electron chi connectivity index (χ2n) is 7.08. The highest BCUT2D eigenvalue weighted by Crippen LogP contribution is 2.17. The molecule has 1 saturated heterocycles. The summed E-state index contributed by atoms with van der Waals surface area (Å²) in [7, 11) is 0. The lowest BCUT2D eigenvalue weighted by Gasteiger charge is -2.37. The van der Waals surface area contributed by atoms with Crippen LogP contribution < -0.4 is 5.32 Å². The number of halogens is 2. The fraction of sp³-hybridized carbons (Fsp3) is 0.318. The number of hydrogen-bond acceptors (Lipinski definition) is 3. The predicted octanol–water partition coefficient (Wildman–Crippen LogP) is 2.74. The largest absolute Gasteiger partial charge is 0.350 e. The lowest BCUT2D eigenvalue weighted by Crippen LogP contribution is -2.59. The zero-order valence-corrected chi connectivity index (χ0v) is 17.4. The van der Waals surface area contributed by atoms with Crippen LogP contribution in [0, 0.1) is 5.82 Å². The van der Waals surface area contributed by atoms with Crippen LogP contribution >= 0.6 is 11.6 Å². The van der Waals surface area contributed by atoms with Gasteiger partial charge < -0.3 is 15.1 Å². The summed E-state index contributed by atoms with van der Waals surface area (Å²) in [5, 5.41) is 3.35. The van der Waals surface area contributed by atoms with Gasteiger partial charge in [0, 0.05) is 31.2 Å². The molecule has 1 fully saturated rings. The van der Waals surface area contributed by atoms with Crippen molar-refractivity contribution in [2.24, 2.45) is 0 Å². The van der Waals surface area contributed by atoms with E-state index in [9.17, 15) is 18.8 Å². The van der Waals surface area contributed by atoms with Gasteiger partial charge in [0.05, 0.1) is 0 Å². The molecule has 1 atom stereocenters. The van der Waals surface area contributed by atoms with Crippen molar-refractivity contribution in [3.8, 4) is 0 Å². The van der Waals surface area contributed by atoms with Crippen molar-refractivity contribution < 1.29 is 18.8 Å². The number of hydrogen-bond donors (Lipinski definition) is 1. The predicted molar refractivity (Wildman–Crippen MR) is 111 cm³/mol. The van der Waals surface area contributed by atoms with Crippen LogP contribution in [-0.4, -0.2) is 46.7 Å². The van der Waals surface area contributed by atoms with Gasteiger partial charge in [0.2, 0.25) is 5.91 Å². The Labute approximate surface area is 179 Å². The number of nitrogens with one attached hydrogen (secondary N) is 1. The van der Waals surface area contributed by atoms with Crippen LogP contribution in [0.15, 0.2) is 48.5 Å². The molecule has 1 aliphatic rings. The Balaban J connectivity index is 1.62. The molecule has 158 valence electrons. The zero-order valence-electron chi connectivity index (χ0n) is 16.6.